The highest BCUT2D eigenvalue weighted by molar-refractivity contribution is 5.93. The van der Waals surface area contributed by atoms with Crippen molar-refractivity contribution in [2.24, 2.45) is 0 Å². The number of carbonyl (C=O) groups is 2. The maximum atomic E-state index is 13.1. The van der Waals surface area contributed by atoms with Gasteiger partial charge in [-0.25, -0.2) is 4.98 Å². The molecule has 1 aromatic carbocycles. The molecule has 2 fully saturated rings. The zero-order valence-electron chi connectivity index (χ0n) is 18.0. The van der Waals surface area contributed by atoms with Gasteiger partial charge in [0, 0.05) is 32.1 Å². The Morgan fingerprint density at radius 2 is 1.73 bits per heavy atom. The Morgan fingerprint density at radius 1 is 1.07 bits per heavy atom. The van der Waals surface area contributed by atoms with Gasteiger partial charge in [-0.1, -0.05) is 37.3 Å². The summed E-state index contributed by atoms with van der Waals surface area (Å²) in [5, 5.41) is 0. The van der Waals surface area contributed by atoms with Crippen molar-refractivity contribution in [3.8, 4) is 0 Å². The minimum absolute atomic E-state index is 0.0127. The van der Waals surface area contributed by atoms with Gasteiger partial charge in [0.25, 0.3) is 5.91 Å². The third kappa shape index (κ3) is 4.13. The molecule has 2 saturated heterocycles. The molecule has 0 spiro atoms. The summed E-state index contributed by atoms with van der Waals surface area (Å²) < 4.78 is 5.91. The van der Waals surface area contributed by atoms with Gasteiger partial charge in [0.05, 0.1) is 5.92 Å². The molecule has 2 aliphatic rings. The quantitative estimate of drug-likeness (QED) is 0.745. The number of aromatic nitrogens is 1. The second kappa shape index (κ2) is 9.02. The smallest absolute Gasteiger partial charge is 0.276 e. The van der Waals surface area contributed by atoms with Crippen LogP contribution in [0.1, 0.15) is 78.6 Å². The average molecular weight is 410 g/mol. The van der Waals surface area contributed by atoms with E-state index in [9.17, 15) is 9.59 Å². The van der Waals surface area contributed by atoms with Crippen LogP contribution in [0, 0.1) is 6.92 Å². The van der Waals surface area contributed by atoms with Crippen LogP contribution in [0.15, 0.2) is 34.7 Å². The van der Waals surface area contributed by atoms with Gasteiger partial charge in [0.15, 0.2) is 11.6 Å². The maximum Gasteiger partial charge on any atom is 0.276 e. The van der Waals surface area contributed by atoms with Crippen molar-refractivity contribution in [2.75, 3.05) is 26.2 Å². The lowest BCUT2D eigenvalue weighted by Gasteiger charge is -2.33. The molecule has 0 radical (unpaired) electrons. The number of hydrogen-bond donors (Lipinski definition) is 0. The molecule has 0 aliphatic carbocycles. The molecule has 2 amide bonds. The number of likely N-dealkylation sites (tertiary alicyclic amines) is 2. The SMILES string of the molecule is CC[C@@H](C(=O)N1CCC(c2nc(C(=O)N3CCCC3)c(C)o2)CC1)c1ccccc1. The van der Waals surface area contributed by atoms with Crippen molar-refractivity contribution in [1.29, 1.82) is 0 Å². The molecule has 6 nitrogen and oxygen atoms in total. The van der Waals surface area contributed by atoms with Gasteiger partial charge in [0.1, 0.15) is 5.76 Å². The highest BCUT2D eigenvalue weighted by Gasteiger charge is 2.32. The summed E-state index contributed by atoms with van der Waals surface area (Å²) in [5.74, 6) is 1.52. The van der Waals surface area contributed by atoms with Crippen LogP contribution in [0.2, 0.25) is 0 Å². The third-order valence-electron chi connectivity index (χ3n) is 6.47. The van der Waals surface area contributed by atoms with E-state index in [1.165, 1.54) is 0 Å². The lowest BCUT2D eigenvalue weighted by Crippen LogP contribution is -2.40. The summed E-state index contributed by atoms with van der Waals surface area (Å²) in [6, 6.07) is 10.0. The van der Waals surface area contributed by atoms with Crippen molar-refractivity contribution in [2.45, 2.75) is 57.8 Å². The molecule has 2 aliphatic heterocycles. The minimum Gasteiger partial charge on any atom is -0.445 e. The third-order valence-corrected chi connectivity index (χ3v) is 6.47. The number of nitrogens with zero attached hydrogens (tertiary/aromatic N) is 3. The number of aryl methyl sites for hydroxylation is 1. The van der Waals surface area contributed by atoms with E-state index >= 15 is 0 Å². The van der Waals surface area contributed by atoms with Gasteiger partial charge in [-0.05, 0) is 44.6 Å². The average Bonchev–Trinajstić information content (AvgIpc) is 3.45. The van der Waals surface area contributed by atoms with Crippen LogP contribution in [-0.4, -0.2) is 52.8 Å². The van der Waals surface area contributed by atoms with Crippen LogP contribution in [0.25, 0.3) is 0 Å². The molecule has 160 valence electrons. The van der Waals surface area contributed by atoms with E-state index in [0.29, 0.717) is 30.4 Å². The molecule has 0 bridgehead atoms. The molecule has 3 heterocycles. The summed E-state index contributed by atoms with van der Waals surface area (Å²) in [6.07, 6.45) is 4.54. The number of carbonyl (C=O) groups excluding carboxylic acids is 2. The number of oxazole rings is 1. The number of rotatable bonds is 5. The van der Waals surface area contributed by atoms with Crippen molar-refractivity contribution in [3.05, 3.63) is 53.2 Å². The van der Waals surface area contributed by atoms with Crippen molar-refractivity contribution in [3.63, 3.8) is 0 Å². The Balaban J connectivity index is 1.39. The Morgan fingerprint density at radius 3 is 2.37 bits per heavy atom. The Bertz CT molecular complexity index is 878. The van der Waals surface area contributed by atoms with E-state index < -0.39 is 0 Å². The minimum atomic E-state index is -0.0867. The first-order chi connectivity index (χ1) is 14.6. The normalized spacial score (nSPS) is 18.6. The fraction of sp³-hybridized carbons (Fsp3) is 0.542. The molecule has 2 aromatic rings. The maximum absolute atomic E-state index is 13.1. The van der Waals surface area contributed by atoms with Gasteiger partial charge in [-0.15, -0.1) is 0 Å². The molecular formula is C24H31N3O3. The van der Waals surface area contributed by atoms with Crippen LogP contribution in [0.4, 0.5) is 0 Å². The summed E-state index contributed by atoms with van der Waals surface area (Å²) in [5.41, 5.74) is 1.54. The topological polar surface area (TPSA) is 66.7 Å². The molecule has 1 atom stereocenters. The monoisotopic (exact) mass is 409 g/mol. The summed E-state index contributed by atoms with van der Waals surface area (Å²) in [6.45, 7) is 6.90. The highest BCUT2D eigenvalue weighted by atomic mass is 16.4. The van der Waals surface area contributed by atoms with Crippen LogP contribution in [0.3, 0.4) is 0 Å². The first-order valence-corrected chi connectivity index (χ1v) is 11.2. The Kier molecular flexibility index (Phi) is 6.21. The van der Waals surface area contributed by atoms with Crippen LogP contribution in [0.5, 0.6) is 0 Å². The standard InChI is InChI=1S/C24H31N3O3/c1-3-20(18-9-5-4-6-10-18)23(28)27-15-11-19(12-16-27)22-25-21(17(2)30-22)24(29)26-13-7-8-14-26/h4-6,9-10,19-20H,3,7-8,11-16H2,1-2H3/t20-/m1/s1. The zero-order chi connectivity index (χ0) is 21.1. The summed E-state index contributed by atoms with van der Waals surface area (Å²) in [7, 11) is 0. The van der Waals surface area contributed by atoms with E-state index in [1.54, 1.807) is 0 Å². The summed E-state index contributed by atoms with van der Waals surface area (Å²) in [4.78, 5) is 34.2. The first kappa shape index (κ1) is 20.6. The summed E-state index contributed by atoms with van der Waals surface area (Å²) >= 11 is 0. The Labute approximate surface area is 178 Å². The molecule has 0 N–H and O–H groups in total. The van der Waals surface area contributed by atoms with E-state index in [-0.39, 0.29) is 23.7 Å². The van der Waals surface area contributed by atoms with E-state index in [0.717, 1.165) is 50.8 Å². The van der Waals surface area contributed by atoms with E-state index in [4.69, 9.17) is 4.42 Å². The van der Waals surface area contributed by atoms with Gasteiger partial charge in [-0.2, -0.15) is 0 Å². The van der Waals surface area contributed by atoms with Crippen molar-refractivity contribution >= 4 is 11.8 Å². The van der Waals surface area contributed by atoms with Crippen LogP contribution >= 0.6 is 0 Å². The number of amides is 2. The lowest BCUT2D eigenvalue weighted by molar-refractivity contribution is -0.134. The molecule has 6 heteroatoms. The van der Waals surface area contributed by atoms with Gasteiger partial charge < -0.3 is 14.2 Å². The number of benzene rings is 1. The number of hydrogen-bond acceptors (Lipinski definition) is 4. The molecule has 4 rings (SSSR count). The largest absolute Gasteiger partial charge is 0.445 e. The van der Waals surface area contributed by atoms with Crippen molar-refractivity contribution < 1.29 is 14.0 Å². The highest BCUT2D eigenvalue weighted by Crippen LogP contribution is 2.31. The molecule has 0 unspecified atom stereocenters. The van der Waals surface area contributed by atoms with E-state index in [2.05, 4.69) is 11.9 Å². The first-order valence-electron chi connectivity index (χ1n) is 11.2. The Hall–Kier alpha value is -2.63. The van der Waals surface area contributed by atoms with Crippen LogP contribution in [-0.2, 0) is 4.79 Å². The van der Waals surface area contributed by atoms with Crippen LogP contribution < -0.4 is 0 Å². The van der Waals surface area contributed by atoms with Gasteiger partial charge >= 0.3 is 0 Å². The lowest BCUT2D eigenvalue weighted by atomic mass is 9.92. The zero-order valence-corrected chi connectivity index (χ0v) is 18.0. The predicted octanol–water partition coefficient (Wildman–Crippen LogP) is 4.12. The van der Waals surface area contributed by atoms with Gasteiger partial charge in [0.2, 0.25) is 5.91 Å². The molecule has 30 heavy (non-hydrogen) atoms. The molecule has 1 aromatic heterocycles. The van der Waals surface area contributed by atoms with Crippen molar-refractivity contribution in [1.82, 2.24) is 14.8 Å². The second-order valence-corrected chi connectivity index (χ2v) is 8.43. The van der Waals surface area contributed by atoms with E-state index in [1.807, 2.05) is 47.1 Å². The molecule has 0 saturated carbocycles. The second-order valence-electron chi connectivity index (χ2n) is 8.43. The fourth-order valence-corrected chi connectivity index (χ4v) is 4.67. The van der Waals surface area contributed by atoms with Gasteiger partial charge in [-0.3, -0.25) is 9.59 Å². The molecular weight excluding hydrogens is 378 g/mol. The fourth-order valence-electron chi connectivity index (χ4n) is 4.67. The number of piperidine rings is 1. The predicted molar refractivity (Wildman–Crippen MR) is 114 cm³/mol.